The lowest BCUT2D eigenvalue weighted by Crippen LogP contribution is -2.32. The molecule has 2 heterocycles. The predicted octanol–water partition coefficient (Wildman–Crippen LogP) is 2.50. The zero-order chi connectivity index (χ0) is 13.5. The molecule has 20 heavy (non-hydrogen) atoms. The summed E-state index contributed by atoms with van der Waals surface area (Å²) >= 11 is 3.62. The highest BCUT2D eigenvalue weighted by molar-refractivity contribution is 9.10. The van der Waals surface area contributed by atoms with Crippen molar-refractivity contribution in [3.8, 4) is 11.5 Å². The largest absolute Gasteiger partial charge is 0.454 e. The van der Waals surface area contributed by atoms with Gasteiger partial charge in [0.25, 0.3) is 0 Å². The van der Waals surface area contributed by atoms with Crippen LogP contribution >= 0.6 is 15.9 Å². The van der Waals surface area contributed by atoms with Gasteiger partial charge in [-0.05, 0) is 37.0 Å². The molecule has 0 radical (unpaired) electrons. The highest BCUT2D eigenvalue weighted by Crippen LogP contribution is 2.37. The lowest BCUT2D eigenvalue weighted by Gasteiger charge is -2.16. The van der Waals surface area contributed by atoms with Crippen LogP contribution in [0.5, 0.6) is 11.5 Å². The molecule has 0 bridgehead atoms. The zero-order valence-corrected chi connectivity index (χ0v) is 13.0. The molecule has 0 spiro atoms. The molecule has 1 saturated carbocycles. The molecule has 1 aliphatic carbocycles. The van der Waals surface area contributed by atoms with Crippen LogP contribution in [-0.2, 0) is 6.54 Å². The van der Waals surface area contributed by atoms with E-state index < -0.39 is 0 Å². The van der Waals surface area contributed by atoms with E-state index in [-0.39, 0.29) is 0 Å². The second-order valence-corrected chi connectivity index (χ2v) is 6.74. The molecule has 1 aromatic rings. The van der Waals surface area contributed by atoms with Gasteiger partial charge in [0.15, 0.2) is 11.5 Å². The van der Waals surface area contributed by atoms with Gasteiger partial charge in [0.1, 0.15) is 0 Å². The number of fused-ring (bicyclic) bond motifs is 1. The summed E-state index contributed by atoms with van der Waals surface area (Å²) in [6, 6.07) is 5.59. The van der Waals surface area contributed by atoms with Crippen LogP contribution in [0.25, 0.3) is 0 Å². The normalized spacial score (nSPS) is 25.4. The molecule has 4 rings (SSSR count). The first-order chi connectivity index (χ1) is 9.79. The average Bonchev–Trinajstić information content (AvgIpc) is 3.02. The fourth-order valence-electron chi connectivity index (χ4n) is 3.07. The number of hydrogen-bond acceptors (Lipinski definition) is 4. The molecular weight excluding hydrogens is 320 g/mol. The Kier molecular flexibility index (Phi) is 3.36. The fourth-order valence-corrected chi connectivity index (χ4v) is 3.54. The van der Waals surface area contributed by atoms with Crippen molar-refractivity contribution in [2.45, 2.75) is 37.9 Å². The Morgan fingerprint density at radius 1 is 1.20 bits per heavy atom. The Bertz CT molecular complexity index is 519. The summed E-state index contributed by atoms with van der Waals surface area (Å²) < 4.78 is 11.9. The minimum atomic E-state index is 0.331. The zero-order valence-electron chi connectivity index (χ0n) is 11.4. The summed E-state index contributed by atoms with van der Waals surface area (Å²) in [4.78, 5) is 2.63. The molecule has 1 unspecified atom stereocenters. The van der Waals surface area contributed by atoms with Gasteiger partial charge in [0.2, 0.25) is 6.79 Å². The first kappa shape index (κ1) is 12.9. The van der Waals surface area contributed by atoms with Crippen LogP contribution in [0.4, 0.5) is 0 Å². The molecule has 5 heteroatoms. The van der Waals surface area contributed by atoms with Crippen LogP contribution < -0.4 is 14.8 Å². The topological polar surface area (TPSA) is 33.7 Å². The van der Waals surface area contributed by atoms with Gasteiger partial charge in [0, 0.05) is 36.2 Å². The van der Waals surface area contributed by atoms with Gasteiger partial charge in [-0.25, -0.2) is 0 Å². The molecule has 2 aliphatic heterocycles. The molecule has 3 aliphatic rings. The van der Waals surface area contributed by atoms with E-state index in [0.29, 0.717) is 12.8 Å². The van der Waals surface area contributed by atoms with E-state index in [2.05, 4.69) is 32.2 Å². The molecule has 2 fully saturated rings. The first-order valence-corrected chi connectivity index (χ1v) is 8.14. The highest BCUT2D eigenvalue weighted by atomic mass is 79.9. The van der Waals surface area contributed by atoms with Crippen LogP contribution in [0.1, 0.15) is 24.8 Å². The standard InChI is InChI=1S/C15H19BrN2O2/c16-13-6-15-14(19-9-20-15)5-10(13)7-17-11-3-4-18(8-11)12-1-2-12/h5-6,11-12,17H,1-4,7-9H2. The Morgan fingerprint density at radius 2 is 2.00 bits per heavy atom. The summed E-state index contributed by atoms with van der Waals surface area (Å²) in [5.41, 5.74) is 1.24. The van der Waals surface area contributed by atoms with E-state index in [1.807, 2.05) is 6.07 Å². The van der Waals surface area contributed by atoms with Crippen molar-refractivity contribution in [3.05, 3.63) is 22.2 Å². The van der Waals surface area contributed by atoms with Gasteiger partial charge in [-0.2, -0.15) is 0 Å². The Hall–Kier alpha value is -0.780. The van der Waals surface area contributed by atoms with E-state index in [0.717, 1.165) is 28.6 Å². The minimum Gasteiger partial charge on any atom is -0.454 e. The van der Waals surface area contributed by atoms with Gasteiger partial charge in [0.05, 0.1) is 0 Å². The summed E-state index contributed by atoms with van der Waals surface area (Å²) in [6.45, 7) is 3.66. The van der Waals surface area contributed by atoms with Crippen LogP contribution in [-0.4, -0.2) is 36.9 Å². The number of hydrogen-bond donors (Lipinski definition) is 1. The maximum absolute atomic E-state index is 5.44. The third-order valence-electron chi connectivity index (χ3n) is 4.41. The van der Waals surface area contributed by atoms with Crippen LogP contribution in [0.2, 0.25) is 0 Å². The van der Waals surface area contributed by atoms with Crippen molar-refractivity contribution in [1.82, 2.24) is 10.2 Å². The number of likely N-dealkylation sites (tertiary alicyclic amines) is 1. The van der Waals surface area contributed by atoms with Crippen molar-refractivity contribution >= 4 is 15.9 Å². The monoisotopic (exact) mass is 338 g/mol. The van der Waals surface area contributed by atoms with Crippen molar-refractivity contribution in [1.29, 1.82) is 0 Å². The minimum absolute atomic E-state index is 0.331. The molecule has 0 amide bonds. The van der Waals surface area contributed by atoms with Crippen molar-refractivity contribution < 1.29 is 9.47 Å². The summed E-state index contributed by atoms with van der Waals surface area (Å²) in [5, 5.41) is 3.67. The summed E-state index contributed by atoms with van der Waals surface area (Å²) in [6.07, 6.45) is 4.07. The molecule has 1 atom stereocenters. The van der Waals surface area contributed by atoms with E-state index in [1.165, 1.54) is 37.9 Å². The Labute approximate surface area is 127 Å². The maximum atomic E-state index is 5.44. The van der Waals surface area contributed by atoms with Gasteiger partial charge >= 0.3 is 0 Å². The lowest BCUT2D eigenvalue weighted by atomic mass is 10.2. The summed E-state index contributed by atoms with van der Waals surface area (Å²) in [5.74, 6) is 1.69. The number of nitrogens with one attached hydrogen (secondary N) is 1. The van der Waals surface area contributed by atoms with Gasteiger partial charge in [-0.15, -0.1) is 0 Å². The number of ether oxygens (including phenoxy) is 2. The second-order valence-electron chi connectivity index (χ2n) is 5.89. The van der Waals surface area contributed by atoms with E-state index in [1.54, 1.807) is 0 Å². The third-order valence-corrected chi connectivity index (χ3v) is 5.14. The summed E-state index contributed by atoms with van der Waals surface area (Å²) in [7, 11) is 0. The first-order valence-electron chi connectivity index (χ1n) is 7.35. The van der Waals surface area contributed by atoms with Crippen LogP contribution in [0.15, 0.2) is 16.6 Å². The van der Waals surface area contributed by atoms with Crippen molar-refractivity contribution in [2.75, 3.05) is 19.9 Å². The second kappa shape index (κ2) is 5.20. The number of halogens is 1. The molecule has 4 nitrogen and oxygen atoms in total. The van der Waals surface area contributed by atoms with E-state index >= 15 is 0 Å². The number of nitrogens with zero attached hydrogens (tertiary/aromatic N) is 1. The highest BCUT2D eigenvalue weighted by Gasteiger charge is 2.34. The molecule has 1 saturated heterocycles. The molecule has 1 N–H and O–H groups in total. The van der Waals surface area contributed by atoms with Crippen LogP contribution in [0, 0.1) is 0 Å². The van der Waals surface area contributed by atoms with Crippen molar-refractivity contribution in [3.63, 3.8) is 0 Å². The predicted molar refractivity (Wildman–Crippen MR) is 80.1 cm³/mol. The Morgan fingerprint density at radius 3 is 2.80 bits per heavy atom. The van der Waals surface area contributed by atoms with Gasteiger partial charge < -0.3 is 14.8 Å². The Balaban J connectivity index is 1.37. The van der Waals surface area contributed by atoms with Crippen LogP contribution in [0.3, 0.4) is 0 Å². The van der Waals surface area contributed by atoms with E-state index in [9.17, 15) is 0 Å². The fraction of sp³-hybridized carbons (Fsp3) is 0.600. The SMILES string of the molecule is Brc1cc2c(cc1CNC1CCN(C3CC3)C1)OCO2. The number of benzene rings is 1. The maximum Gasteiger partial charge on any atom is 0.231 e. The van der Waals surface area contributed by atoms with Gasteiger partial charge in [-0.1, -0.05) is 15.9 Å². The number of rotatable bonds is 4. The molecule has 0 aromatic heterocycles. The smallest absolute Gasteiger partial charge is 0.231 e. The van der Waals surface area contributed by atoms with Gasteiger partial charge in [-0.3, -0.25) is 4.90 Å². The molecule has 108 valence electrons. The lowest BCUT2D eigenvalue weighted by molar-refractivity contribution is 0.174. The average molecular weight is 339 g/mol. The van der Waals surface area contributed by atoms with E-state index in [4.69, 9.17) is 9.47 Å². The quantitative estimate of drug-likeness (QED) is 0.914. The van der Waals surface area contributed by atoms with Crippen molar-refractivity contribution in [2.24, 2.45) is 0 Å². The molecular formula is C15H19BrN2O2. The third kappa shape index (κ3) is 2.54. The molecule has 1 aromatic carbocycles.